The van der Waals surface area contributed by atoms with Crippen molar-refractivity contribution >= 4 is 5.96 Å². The number of benzene rings is 1. The number of rotatable bonds is 9. The van der Waals surface area contributed by atoms with Crippen LogP contribution in [0.2, 0.25) is 0 Å². The number of ether oxygens (including phenoxy) is 2. The van der Waals surface area contributed by atoms with E-state index in [1.165, 1.54) is 37.9 Å². The largest absolute Gasteiger partial charge is 0.492 e. The third-order valence-electron chi connectivity index (χ3n) is 5.53. The molecule has 0 unspecified atom stereocenters. The highest BCUT2D eigenvalue weighted by atomic mass is 16.5. The van der Waals surface area contributed by atoms with Crippen molar-refractivity contribution in [3.05, 3.63) is 29.8 Å². The summed E-state index contributed by atoms with van der Waals surface area (Å²) in [5.74, 6) is 1.77. The molecule has 2 N–H and O–H groups in total. The van der Waals surface area contributed by atoms with Crippen LogP contribution < -0.4 is 15.4 Å². The molecule has 0 aromatic heterocycles. The molecule has 0 radical (unpaired) electrons. The maximum atomic E-state index is 5.95. The van der Waals surface area contributed by atoms with Gasteiger partial charge in [-0.1, -0.05) is 18.6 Å². The number of nitrogens with one attached hydrogen (secondary N) is 2. The minimum absolute atomic E-state index is 0.705. The van der Waals surface area contributed by atoms with Gasteiger partial charge in [-0.15, -0.1) is 0 Å². The topological polar surface area (TPSA) is 61.4 Å². The summed E-state index contributed by atoms with van der Waals surface area (Å²) in [6.07, 6.45) is 4.04. The number of aliphatic imine (C=N–C) groups is 1. The Kier molecular flexibility index (Phi) is 9.56. The molecule has 2 saturated heterocycles. The van der Waals surface area contributed by atoms with Crippen LogP contribution in [0.15, 0.2) is 29.3 Å². The lowest BCUT2D eigenvalue weighted by Crippen LogP contribution is -2.42. The van der Waals surface area contributed by atoms with E-state index in [-0.39, 0.29) is 0 Å². The van der Waals surface area contributed by atoms with E-state index in [1.54, 1.807) is 0 Å². The van der Waals surface area contributed by atoms with Gasteiger partial charge in [0.25, 0.3) is 0 Å². The van der Waals surface area contributed by atoms with E-state index >= 15 is 0 Å². The van der Waals surface area contributed by atoms with Crippen LogP contribution in [0.4, 0.5) is 0 Å². The van der Waals surface area contributed by atoms with E-state index < -0.39 is 0 Å². The number of hydrogen-bond acceptors (Lipinski definition) is 5. The quantitative estimate of drug-likeness (QED) is 0.482. The second-order valence-corrected chi connectivity index (χ2v) is 7.70. The van der Waals surface area contributed by atoms with Crippen molar-refractivity contribution in [3.8, 4) is 5.75 Å². The average Bonchev–Trinajstić information content (AvgIpc) is 2.78. The van der Waals surface area contributed by atoms with Crippen LogP contribution in [0, 0.1) is 0 Å². The van der Waals surface area contributed by atoms with Gasteiger partial charge in [0.1, 0.15) is 12.4 Å². The van der Waals surface area contributed by atoms with Crippen molar-refractivity contribution in [2.24, 2.45) is 4.99 Å². The lowest BCUT2D eigenvalue weighted by molar-refractivity contribution is 0.0322. The molecule has 2 fully saturated rings. The molecule has 0 saturated carbocycles. The van der Waals surface area contributed by atoms with E-state index in [9.17, 15) is 0 Å². The number of likely N-dealkylation sites (tertiary alicyclic amines) is 1. The summed E-state index contributed by atoms with van der Waals surface area (Å²) < 4.78 is 11.3. The highest BCUT2D eigenvalue weighted by Crippen LogP contribution is 2.13. The van der Waals surface area contributed by atoms with Crippen molar-refractivity contribution < 1.29 is 9.47 Å². The third-order valence-corrected chi connectivity index (χ3v) is 5.53. The summed E-state index contributed by atoms with van der Waals surface area (Å²) in [6.45, 7) is 10.5. The van der Waals surface area contributed by atoms with Gasteiger partial charge < -0.3 is 25.0 Å². The van der Waals surface area contributed by atoms with Crippen molar-refractivity contribution in [1.82, 2.24) is 20.4 Å². The molecule has 0 aliphatic carbocycles. The molecule has 162 valence electrons. The van der Waals surface area contributed by atoms with Crippen LogP contribution in [0.1, 0.15) is 24.8 Å². The molecular formula is C22H37N5O2. The van der Waals surface area contributed by atoms with E-state index in [2.05, 4.69) is 37.6 Å². The van der Waals surface area contributed by atoms with Gasteiger partial charge in [0, 0.05) is 46.3 Å². The van der Waals surface area contributed by atoms with Crippen LogP contribution in [0.25, 0.3) is 0 Å². The molecule has 2 aliphatic rings. The Morgan fingerprint density at radius 3 is 2.62 bits per heavy atom. The van der Waals surface area contributed by atoms with Crippen LogP contribution in [-0.2, 0) is 11.3 Å². The zero-order chi connectivity index (χ0) is 20.2. The Labute approximate surface area is 175 Å². The Morgan fingerprint density at radius 2 is 1.83 bits per heavy atom. The standard InChI is InChI=1S/C22H37N5O2/c1-23-22(24-8-11-26-9-3-2-4-10-26)25-19-20-6-5-7-21(18-20)29-17-14-27-12-15-28-16-13-27/h5-7,18H,2-4,8-17,19H2,1H3,(H2,23,24,25). The van der Waals surface area contributed by atoms with E-state index in [0.717, 1.165) is 64.2 Å². The molecule has 2 aliphatic heterocycles. The fraction of sp³-hybridized carbons (Fsp3) is 0.682. The summed E-state index contributed by atoms with van der Waals surface area (Å²) in [4.78, 5) is 9.25. The van der Waals surface area contributed by atoms with Gasteiger partial charge in [-0.05, 0) is 43.6 Å². The highest BCUT2D eigenvalue weighted by Gasteiger charge is 2.10. The predicted molar refractivity (Wildman–Crippen MR) is 118 cm³/mol. The number of hydrogen-bond donors (Lipinski definition) is 2. The third kappa shape index (κ3) is 8.20. The Hall–Kier alpha value is -1.83. The second-order valence-electron chi connectivity index (χ2n) is 7.70. The number of nitrogens with zero attached hydrogens (tertiary/aromatic N) is 3. The van der Waals surface area contributed by atoms with E-state index in [4.69, 9.17) is 9.47 Å². The number of morpholine rings is 1. The molecule has 1 aromatic rings. The number of piperidine rings is 1. The average molecular weight is 404 g/mol. The SMILES string of the molecule is CN=C(NCCN1CCCCC1)NCc1cccc(OCCN2CCOCC2)c1. The summed E-state index contributed by atoms with van der Waals surface area (Å²) in [5, 5.41) is 6.82. The number of guanidine groups is 1. The molecule has 1 aromatic carbocycles. The van der Waals surface area contributed by atoms with Crippen molar-refractivity contribution in [3.63, 3.8) is 0 Å². The van der Waals surface area contributed by atoms with Gasteiger partial charge in [0.2, 0.25) is 0 Å². The smallest absolute Gasteiger partial charge is 0.191 e. The monoisotopic (exact) mass is 403 g/mol. The van der Waals surface area contributed by atoms with E-state index in [0.29, 0.717) is 6.61 Å². The lowest BCUT2D eigenvalue weighted by atomic mass is 10.1. The second kappa shape index (κ2) is 12.7. The lowest BCUT2D eigenvalue weighted by Gasteiger charge is -2.26. The van der Waals surface area contributed by atoms with E-state index in [1.807, 2.05) is 19.2 Å². The summed E-state index contributed by atoms with van der Waals surface area (Å²) in [6, 6.07) is 8.29. The Bertz CT molecular complexity index is 613. The molecule has 29 heavy (non-hydrogen) atoms. The first-order chi connectivity index (χ1) is 14.3. The predicted octanol–water partition coefficient (Wildman–Crippen LogP) is 1.55. The Morgan fingerprint density at radius 1 is 1.03 bits per heavy atom. The molecule has 0 atom stereocenters. The van der Waals surface area contributed by atoms with Gasteiger partial charge in [-0.3, -0.25) is 9.89 Å². The molecule has 0 bridgehead atoms. The van der Waals surface area contributed by atoms with Crippen LogP contribution in [-0.4, -0.2) is 88.4 Å². The maximum absolute atomic E-state index is 5.95. The molecule has 3 rings (SSSR count). The van der Waals surface area contributed by atoms with Crippen LogP contribution in [0.3, 0.4) is 0 Å². The van der Waals surface area contributed by atoms with Gasteiger partial charge in [-0.25, -0.2) is 0 Å². The van der Waals surface area contributed by atoms with Crippen LogP contribution in [0.5, 0.6) is 5.75 Å². The molecule has 0 spiro atoms. The minimum atomic E-state index is 0.705. The van der Waals surface area contributed by atoms with Crippen molar-refractivity contribution in [1.29, 1.82) is 0 Å². The molecule has 7 heteroatoms. The summed E-state index contributed by atoms with van der Waals surface area (Å²) in [7, 11) is 1.82. The van der Waals surface area contributed by atoms with Gasteiger partial charge in [-0.2, -0.15) is 0 Å². The fourth-order valence-electron chi connectivity index (χ4n) is 3.78. The van der Waals surface area contributed by atoms with Gasteiger partial charge in [0.15, 0.2) is 5.96 Å². The van der Waals surface area contributed by atoms with Gasteiger partial charge >= 0.3 is 0 Å². The first kappa shape index (κ1) is 21.9. The molecule has 2 heterocycles. The summed E-state index contributed by atoms with van der Waals surface area (Å²) in [5.41, 5.74) is 1.19. The maximum Gasteiger partial charge on any atom is 0.191 e. The first-order valence-corrected chi connectivity index (χ1v) is 11.0. The summed E-state index contributed by atoms with van der Waals surface area (Å²) >= 11 is 0. The molecule has 0 amide bonds. The highest BCUT2D eigenvalue weighted by molar-refractivity contribution is 5.79. The van der Waals surface area contributed by atoms with Crippen LogP contribution >= 0.6 is 0 Å². The minimum Gasteiger partial charge on any atom is -0.492 e. The molecule has 7 nitrogen and oxygen atoms in total. The van der Waals surface area contributed by atoms with Crippen molar-refractivity contribution in [2.75, 3.05) is 72.7 Å². The van der Waals surface area contributed by atoms with Gasteiger partial charge in [0.05, 0.1) is 13.2 Å². The first-order valence-electron chi connectivity index (χ1n) is 11.0. The zero-order valence-electron chi connectivity index (χ0n) is 17.9. The normalized spacial score (nSPS) is 19.1. The zero-order valence-corrected chi connectivity index (χ0v) is 17.9. The molecular weight excluding hydrogens is 366 g/mol. The fourth-order valence-corrected chi connectivity index (χ4v) is 3.78. The van der Waals surface area contributed by atoms with Crippen molar-refractivity contribution in [2.45, 2.75) is 25.8 Å². The Balaban J connectivity index is 1.34.